The van der Waals surface area contributed by atoms with E-state index in [1.165, 1.54) is 0 Å². The number of hydrogen-bond donors (Lipinski definition) is 2. The van der Waals surface area contributed by atoms with Crippen molar-refractivity contribution in [2.24, 2.45) is 3.77 Å². The Morgan fingerprint density at radius 1 is 1.10 bits per heavy atom. The average Bonchev–Trinajstić information content (AvgIpc) is 3.55. The van der Waals surface area contributed by atoms with Crippen LogP contribution in [0.5, 0.6) is 0 Å². The molecule has 0 unspecified atom stereocenters. The summed E-state index contributed by atoms with van der Waals surface area (Å²) in [6.07, 6.45) is 5.82. The van der Waals surface area contributed by atoms with Crippen LogP contribution in [-0.2, 0) is 20.7 Å². The number of benzene rings is 2. The van der Waals surface area contributed by atoms with Crippen LogP contribution in [0, 0.1) is 6.92 Å². The highest BCUT2D eigenvalue weighted by Crippen LogP contribution is 2.29. The Morgan fingerprint density at radius 2 is 1.77 bits per heavy atom. The van der Waals surface area contributed by atoms with Gasteiger partial charge in [-0.2, -0.15) is 13.4 Å². The van der Waals surface area contributed by atoms with E-state index < -0.39 is 20.7 Å². The number of halogens is 1. The first-order chi connectivity index (χ1) is 14.8. The van der Waals surface area contributed by atoms with Crippen molar-refractivity contribution in [3.63, 3.8) is 0 Å². The van der Waals surface area contributed by atoms with Crippen LogP contribution in [0.1, 0.15) is 18.4 Å². The number of hydrogen-bond acceptors (Lipinski definition) is 6. The molecule has 0 saturated heterocycles. The molecule has 1 aliphatic rings. The lowest BCUT2D eigenvalue weighted by Crippen LogP contribution is -2.06. The third-order valence-corrected chi connectivity index (χ3v) is 8.72. The third kappa shape index (κ3) is 5.69. The summed E-state index contributed by atoms with van der Waals surface area (Å²) < 4.78 is 30.1. The van der Waals surface area contributed by atoms with E-state index in [-0.39, 0.29) is 4.90 Å². The van der Waals surface area contributed by atoms with Crippen molar-refractivity contribution in [3.8, 4) is 0 Å². The van der Waals surface area contributed by atoms with Crippen molar-refractivity contribution in [1.29, 1.82) is 0 Å². The highest BCUT2D eigenvalue weighted by molar-refractivity contribution is 9.10. The molecule has 3 aromatic rings. The van der Waals surface area contributed by atoms with Gasteiger partial charge in [0.2, 0.25) is 5.95 Å². The van der Waals surface area contributed by atoms with Gasteiger partial charge in [-0.15, -0.1) is 3.77 Å². The highest BCUT2D eigenvalue weighted by atomic mass is 79.9. The summed E-state index contributed by atoms with van der Waals surface area (Å²) >= 11 is 3.47. The molecular weight excluding hydrogens is 498 g/mol. The van der Waals surface area contributed by atoms with Crippen molar-refractivity contribution in [2.75, 3.05) is 16.9 Å². The Labute approximate surface area is 193 Å². The van der Waals surface area contributed by atoms with Gasteiger partial charge in [-0.05, 0) is 78.3 Å². The second-order valence-corrected chi connectivity index (χ2v) is 11.6. The van der Waals surface area contributed by atoms with Crippen LogP contribution in [-0.4, -0.2) is 30.7 Å². The summed E-state index contributed by atoms with van der Waals surface area (Å²) in [4.78, 5) is 9.85. The Kier molecular flexibility index (Phi) is 6.40. The first-order valence-electron chi connectivity index (χ1n) is 9.67. The molecule has 162 valence electrons. The van der Waals surface area contributed by atoms with Crippen LogP contribution in [0.15, 0.2) is 72.8 Å². The van der Waals surface area contributed by atoms with Gasteiger partial charge in [0.15, 0.2) is 0 Å². The van der Waals surface area contributed by atoms with Gasteiger partial charge in [0.05, 0.1) is 9.37 Å². The normalized spacial score (nSPS) is 14.9. The first kappa shape index (κ1) is 21.9. The molecule has 2 N–H and O–H groups in total. The van der Waals surface area contributed by atoms with Gasteiger partial charge in [-0.1, -0.05) is 28.4 Å². The lowest BCUT2D eigenvalue weighted by Gasteiger charge is -2.10. The summed E-state index contributed by atoms with van der Waals surface area (Å²) in [5, 5.41) is 6.55. The van der Waals surface area contributed by atoms with Crippen LogP contribution in [0.2, 0.25) is 0 Å². The Bertz CT molecular complexity index is 1230. The number of nitrogens with one attached hydrogen (secondary N) is 2. The average molecular weight is 520 g/mol. The number of sulfonamides is 1. The molecule has 1 fully saturated rings. The number of rotatable bonds is 7. The number of nitrogens with zero attached hydrogens (tertiary/aromatic N) is 3. The zero-order chi connectivity index (χ0) is 22.0. The summed E-state index contributed by atoms with van der Waals surface area (Å²) in [5.41, 5.74) is 1.81. The predicted octanol–water partition coefficient (Wildman–Crippen LogP) is 5.04. The van der Waals surface area contributed by atoms with Gasteiger partial charge in [0.1, 0.15) is 5.82 Å². The fourth-order valence-electron chi connectivity index (χ4n) is 2.76. The van der Waals surface area contributed by atoms with Gasteiger partial charge in [-0.3, -0.25) is 0 Å². The summed E-state index contributed by atoms with van der Waals surface area (Å²) in [6.45, 7) is 1.91. The summed E-state index contributed by atoms with van der Waals surface area (Å²) in [7, 11) is -4.51. The molecule has 10 heteroatoms. The second kappa shape index (κ2) is 9.05. The van der Waals surface area contributed by atoms with Gasteiger partial charge < -0.3 is 10.6 Å². The molecule has 7 nitrogen and oxygen atoms in total. The summed E-state index contributed by atoms with van der Waals surface area (Å²) in [5.74, 6) is 1.26. The lowest BCUT2D eigenvalue weighted by molar-refractivity contribution is 0.598. The minimum atomic E-state index is -3.71. The molecule has 4 rings (SSSR count). The molecule has 1 atom stereocenters. The highest BCUT2D eigenvalue weighted by Gasteiger charge is 2.22. The van der Waals surface area contributed by atoms with E-state index in [1.54, 1.807) is 36.7 Å². The molecule has 0 radical (unpaired) electrons. The minimum Gasteiger partial charge on any atom is -0.366 e. The van der Waals surface area contributed by atoms with Gasteiger partial charge in [-0.25, -0.2) is 4.98 Å². The molecule has 1 aromatic heterocycles. The van der Waals surface area contributed by atoms with E-state index in [4.69, 9.17) is 0 Å². The maximum Gasteiger partial charge on any atom is 0.288 e. The topological polar surface area (TPSA) is 96.3 Å². The number of aryl methyl sites for hydroxylation is 1. The second-order valence-electron chi connectivity index (χ2n) is 7.30. The molecule has 0 bridgehead atoms. The first-order valence-corrected chi connectivity index (χ1v) is 13.5. The largest absolute Gasteiger partial charge is 0.366 e. The van der Waals surface area contributed by atoms with Gasteiger partial charge in [0.25, 0.3) is 10.0 Å². The third-order valence-electron chi connectivity index (χ3n) is 4.64. The standard InChI is InChI=1S/C21H22BrN5O2S2/c1-14-3-11-18(12-4-14)31(28,29)27-30(2)17-9-7-16(8-10-17)25-21-23-13-19(22)20(26-21)24-15-5-6-15/h3-4,7-13,15H,5-6H2,1-2H3,(H2,23,24,25,26)/t30-/m0/s1. The fraction of sp³-hybridized carbons (Fsp3) is 0.238. The van der Waals surface area contributed by atoms with E-state index >= 15 is 0 Å². The molecule has 31 heavy (non-hydrogen) atoms. The number of aromatic nitrogens is 2. The minimum absolute atomic E-state index is 0.207. The van der Waals surface area contributed by atoms with Crippen LogP contribution in [0.3, 0.4) is 0 Å². The zero-order valence-electron chi connectivity index (χ0n) is 17.0. The van der Waals surface area contributed by atoms with Gasteiger partial charge >= 0.3 is 0 Å². The molecule has 1 saturated carbocycles. The zero-order valence-corrected chi connectivity index (χ0v) is 20.3. The van der Waals surface area contributed by atoms with Crippen molar-refractivity contribution < 1.29 is 8.42 Å². The monoisotopic (exact) mass is 519 g/mol. The molecular formula is C21H22BrN5O2S2. The van der Waals surface area contributed by atoms with Crippen LogP contribution < -0.4 is 10.6 Å². The molecule has 0 aliphatic heterocycles. The Balaban J connectivity index is 1.48. The van der Waals surface area contributed by atoms with E-state index in [0.717, 1.165) is 39.3 Å². The predicted molar refractivity (Wildman–Crippen MR) is 128 cm³/mol. The van der Waals surface area contributed by atoms with Gasteiger partial charge in [0, 0.05) is 22.8 Å². The Hall–Kier alpha value is -2.30. The molecule has 0 spiro atoms. The molecule has 1 aliphatic carbocycles. The van der Waals surface area contributed by atoms with Crippen molar-refractivity contribution in [3.05, 3.63) is 64.8 Å². The van der Waals surface area contributed by atoms with Crippen molar-refractivity contribution in [2.45, 2.75) is 35.6 Å². The van der Waals surface area contributed by atoms with Crippen LogP contribution in [0.25, 0.3) is 0 Å². The molecule has 1 heterocycles. The lowest BCUT2D eigenvalue weighted by atomic mass is 10.2. The summed E-state index contributed by atoms with van der Waals surface area (Å²) in [6, 6.07) is 14.7. The quantitative estimate of drug-likeness (QED) is 0.453. The molecule has 2 aromatic carbocycles. The smallest absolute Gasteiger partial charge is 0.288 e. The molecule has 0 amide bonds. The van der Waals surface area contributed by atoms with E-state index in [2.05, 4.69) is 40.3 Å². The van der Waals surface area contributed by atoms with Crippen molar-refractivity contribution in [1.82, 2.24) is 9.97 Å². The maximum atomic E-state index is 12.6. The van der Waals surface area contributed by atoms with E-state index in [9.17, 15) is 8.42 Å². The van der Waals surface area contributed by atoms with E-state index in [1.807, 2.05) is 31.2 Å². The van der Waals surface area contributed by atoms with Crippen molar-refractivity contribution >= 4 is 54.1 Å². The number of anilines is 3. The van der Waals surface area contributed by atoms with E-state index in [0.29, 0.717) is 12.0 Å². The SMILES string of the molecule is Cc1ccc(S(=O)(=O)N=[S@@](C)c2ccc(Nc3ncc(Br)c(NC4CC4)n3)cc2)cc1. The maximum absolute atomic E-state index is 12.6. The van der Waals surface area contributed by atoms with Crippen LogP contribution in [0.4, 0.5) is 17.5 Å². The Morgan fingerprint density at radius 3 is 2.42 bits per heavy atom. The fourth-order valence-corrected chi connectivity index (χ4v) is 5.94. The van der Waals surface area contributed by atoms with Crippen LogP contribution >= 0.6 is 15.9 Å².